The molecule has 21 heavy (non-hydrogen) atoms. The Morgan fingerprint density at radius 2 is 2.19 bits per heavy atom. The van der Waals surface area contributed by atoms with Crippen LogP contribution >= 0.6 is 22.6 Å². The van der Waals surface area contributed by atoms with Gasteiger partial charge in [-0.05, 0) is 47.7 Å². The van der Waals surface area contributed by atoms with E-state index in [0.717, 1.165) is 6.07 Å². The van der Waals surface area contributed by atoms with Crippen LogP contribution < -0.4 is 10.3 Å². The summed E-state index contributed by atoms with van der Waals surface area (Å²) in [5.41, 5.74) is 0.402. The first kappa shape index (κ1) is 15.6. The average Bonchev–Trinajstić information content (AvgIpc) is 2.47. The molecule has 0 unspecified atom stereocenters. The molecule has 0 saturated carbocycles. The first-order valence-electron chi connectivity index (χ1n) is 6.02. The highest BCUT2D eigenvalue weighted by atomic mass is 127. The molecule has 0 aliphatic heterocycles. The number of halogens is 2. The van der Waals surface area contributed by atoms with Gasteiger partial charge in [0.2, 0.25) is 0 Å². The van der Waals surface area contributed by atoms with Crippen LogP contribution in [0.4, 0.5) is 4.39 Å². The Bertz CT molecular complexity index is 758. The number of nitrogens with zero attached hydrogens (tertiary/aromatic N) is 2. The highest BCUT2D eigenvalue weighted by Crippen LogP contribution is 2.20. The van der Waals surface area contributed by atoms with Gasteiger partial charge in [0.25, 0.3) is 5.56 Å². The van der Waals surface area contributed by atoms with Gasteiger partial charge in [0, 0.05) is 0 Å². The zero-order valence-corrected chi connectivity index (χ0v) is 13.5. The molecular formula is C14H12FIN2O3. The number of ether oxygens (including phenoxy) is 1. The molecule has 1 aromatic heterocycles. The van der Waals surface area contributed by atoms with Crippen LogP contribution in [0.2, 0.25) is 0 Å². The van der Waals surface area contributed by atoms with E-state index in [1.165, 1.54) is 30.1 Å². The van der Waals surface area contributed by atoms with Crippen LogP contribution in [0, 0.1) is 16.3 Å². The highest BCUT2D eigenvalue weighted by molar-refractivity contribution is 14.1. The minimum atomic E-state index is -0.539. The van der Waals surface area contributed by atoms with Gasteiger partial charge in [0.15, 0.2) is 5.78 Å². The first-order chi connectivity index (χ1) is 9.93. The third kappa shape index (κ3) is 3.29. The van der Waals surface area contributed by atoms with Crippen molar-refractivity contribution in [3.8, 4) is 5.75 Å². The molecule has 0 aliphatic rings. The quantitative estimate of drug-likeness (QED) is 0.581. The predicted octanol–water partition coefficient (Wildman–Crippen LogP) is 2.19. The molecule has 0 radical (unpaired) electrons. The number of hydrogen-bond donors (Lipinski definition) is 0. The first-order valence-corrected chi connectivity index (χ1v) is 7.10. The number of hydrogen-bond acceptors (Lipinski definition) is 4. The molecule has 1 aromatic carbocycles. The maximum atomic E-state index is 13.3. The number of aromatic nitrogens is 2. The largest absolute Gasteiger partial charge is 0.496 e. The minimum Gasteiger partial charge on any atom is -0.496 e. The summed E-state index contributed by atoms with van der Waals surface area (Å²) in [6, 6.07) is 3.68. The predicted molar refractivity (Wildman–Crippen MR) is 83.2 cm³/mol. The van der Waals surface area contributed by atoms with Crippen LogP contribution in [0.3, 0.4) is 0 Å². The van der Waals surface area contributed by atoms with E-state index in [-0.39, 0.29) is 23.4 Å². The molecule has 110 valence electrons. The van der Waals surface area contributed by atoms with Crippen molar-refractivity contribution in [3.05, 3.63) is 55.5 Å². The molecule has 0 atom stereocenters. The molecule has 0 spiro atoms. The third-order valence-electron chi connectivity index (χ3n) is 2.93. The van der Waals surface area contributed by atoms with Crippen molar-refractivity contribution in [2.24, 2.45) is 0 Å². The van der Waals surface area contributed by atoms with Gasteiger partial charge in [-0.15, -0.1) is 0 Å². The van der Waals surface area contributed by atoms with Gasteiger partial charge >= 0.3 is 0 Å². The minimum absolute atomic E-state index is 0.0972. The molecule has 0 N–H and O–H groups in total. The van der Waals surface area contributed by atoms with Crippen molar-refractivity contribution in [1.29, 1.82) is 0 Å². The number of aryl methyl sites for hydroxylation is 1. The van der Waals surface area contributed by atoms with Crippen molar-refractivity contribution in [3.63, 3.8) is 0 Å². The molecule has 2 aromatic rings. The van der Waals surface area contributed by atoms with E-state index >= 15 is 0 Å². The zero-order valence-electron chi connectivity index (χ0n) is 11.4. The number of carbonyl (C=O) groups excluding carboxylic acids is 1. The van der Waals surface area contributed by atoms with Gasteiger partial charge in [-0.3, -0.25) is 14.2 Å². The Hall–Kier alpha value is -1.77. The fraction of sp³-hybridized carbons (Fsp3) is 0.214. The van der Waals surface area contributed by atoms with E-state index in [1.807, 2.05) is 22.6 Å². The summed E-state index contributed by atoms with van der Waals surface area (Å²) in [7, 11) is 1.40. The molecule has 0 fully saturated rings. The van der Waals surface area contributed by atoms with E-state index in [0.29, 0.717) is 9.26 Å². The second-order valence-electron chi connectivity index (χ2n) is 4.34. The average molecular weight is 402 g/mol. The number of benzene rings is 1. The molecule has 0 bridgehead atoms. The lowest BCUT2D eigenvalue weighted by atomic mass is 10.1. The summed E-state index contributed by atoms with van der Waals surface area (Å²) >= 11 is 1.88. The van der Waals surface area contributed by atoms with Gasteiger partial charge in [0.05, 0.1) is 34.8 Å². The van der Waals surface area contributed by atoms with Gasteiger partial charge in [-0.25, -0.2) is 9.37 Å². The SMILES string of the molecule is COc1ccc(F)cc1C(=O)Cn1cnc(C)c(I)c1=O. The molecule has 0 saturated heterocycles. The molecule has 7 heteroatoms. The van der Waals surface area contributed by atoms with Crippen molar-refractivity contribution in [2.75, 3.05) is 7.11 Å². The van der Waals surface area contributed by atoms with Crippen molar-refractivity contribution >= 4 is 28.4 Å². The van der Waals surface area contributed by atoms with Crippen LogP contribution in [0.15, 0.2) is 29.3 Å². The Morgan fingerprint density at radius 3 is 2.86 bits per heavy atom. The number of rotatable bonds is 4. The summed E-state index contributed by atoms with van der Waals surface area (Å²) < 4.78 is 20.0. The number of ketones is 1. The van der Waals surface area contributed by atoms with Crippen molar-refractivity contribution in [2.45, 2.75) is 13.5 Å². The van der Waals surface area contributed by atoms with Crippen molar-refractivity contribution in [1.82, 2.24) is 9.55 Å². The molecule has 5 nitrogen and oxygen atoms in total. The Balaban J connectivity index is 2.37. The van der Waals surface area contributed by atoms with Gasteiger partial charge in [-0.1, -0.05) is 0 Å². The van der Waals surface area contributed by atoms with Crippen molar-refractivity contribution < 1.29 is 13.9 Å². The number of methoxy groups -OCH3 is 1. The zero-order chi connectivity index (χ0) is 15.6. The second kappa shape index (κ2) is 6.33. The monoisotopic (exact) mass is 402 g/mol. The molecule has 0 aliphatic carbocycles. The maximum Gasteiger partial charge on any atom is 0.267 e. The van der Waals surface area contributed by atoms with Crippen LogP contribution in [0.25, 0.3) is 0 Å². The summed E-state index contributed by atoms with van der Waals surface area (Å²) in [4.78, 5) is 28.3. The Morgan fingerprint density at radius 1 is 1.48 bits per heavy atom. The third-order valence-corrected chi connectivity index (χ3v) is 4.17. The number of Topliss-reactive ketones (excluding diaryl/α,β-unsaturated/α-hetero) is 1. The summed E-state index contributed by atoms with van der Waals surface area (Å²) in [6.07, 6.45) is 1.31. The van der Waals surface area contributed by atoms with Crippen LogP contribution in [-0.2, 0) is 6.54 Å². The van der Waals surface area contributed by atoms with Crippen LogP contribution in [-0.4, -0.2) is 22.4 Å². The normalized spacial score (nSPS) is 10.5. The van der Waals surface area contributed by atoms with E-state index in [4.69, 9.17) is 4.74 Å². The van der Waals surface area contributed by atoms with Crippen LogP contribution in [0.5, 0.6) is 5.75 Å². The lowest BCUT2D eigenvalue weighted by Gasteiger charge is -2.09. The molecule has 0 amide bonds. The van der Waals surface area contributed by atoms with E-state index < -0.39 is 11.6 Å². The molecule has 1 heterocycles. The second-order valence-corrected chi connectivity index (χ2v) is 5.42. The van der Waals surface area contributed by atoms with Gasteiger partial charge in [0.1, 0.15) is 11.6 Å². The van der Waals surface area contributed by atoms with E-state index in [9.17, 15) is 14.0 Å². The Kier molecular flexibility index (Phi) is 4.71. The fourth-order valence-electron chi connectivity index (χ4n) is 1.80. The fourth-order valence-corrected chi connectivity index (χ4v) is 2.25. The summed E-state index contributed by atoms with van der Waals surface area (Å²) in [5, 5.41) is 0. The van der Waals surface area contributed by atoms with Crippen LogP contribution in [0.1, 0.15) is 16.1 Å². The standard InChI is InChI=1S/C14H12FIN2O3/c1-8-13(16)14(20)18(7-17-8)6-11(19)10-5-9(15)3-4-12(10)21-2/h3-5,7H,6H2,1-2H3. The summed E-state index contributed by atoms with van der Waals surface area (Å²) in [6.45, 7) is 1.49. The van der Waals surface area contributed by atoms with Gasteiger partial charge < -0.3 is 4.74 Å². The smallest absolute Gasteiger partial charge is 0.267 e. The van der Waals surface area contributed by atoms with Gasteiger partial charge in [-0.2, -0.15) is 0 Å². The highest BCUT2D eigenvalue weighted by Gasteiger charge is 2.16. The Labute approximate surface area is 133 Å². The van der Waals surface area contributed by atoms with E-state index in [2.05, 4.69) is 4.98 Å². The summed E-state index contributed by atoms with van der Waals surface area (Å²) in [5.74, 6) is -0.692. The maximum absolute atomic E-state index is 13.3. The lowest BCUT2D eigenvalue weighted by Crippen LogP contribution is -2.27. The topological polar surface area (TPSA) is 61.2 Å². The number of carbonyl (C=O) groups is 1. The molecular weight excluding hydrogens is 390 g/mol. The van der Waals surface area contributed by atoms with E-state index in [1.54, 1.807) is 6.92 Å². The molecule has 2 rings (SSSR count). The lowest BCUT2D eigenvalue weighted by molar-refractivity contribution is 0.0966.